The maximum atomic E-state index is 14.1. The SMILES string of the molecule is CC(C)Oc1ccc(C(=O)N2CCN(C(=O)c3ccccc3)CC2)cc1F. The van der Waals surface area contributed by atoms with Gasteiger partial charge in [-0.1, -0.05) is 18.2 Å². The van der Waals surface area contributed by atoms with Crippen LogP contribution in [0.25, 0.3) is 0 Å². The molecule has 0 saturated carbocycles. The third-order valence-corrected chi connectivity index (χ3v) is 4.42. The van der Waals surface area contributed by atoms with E-state index in [0.29, 0.717) is 31.7 Å². The quantitative estimate of drug-likeness (QED) is 0.830. The first-order valence-electron chi connectivity index (χ1n) is 9.05. The molecule has 1 aliphatic rings. The van der Waals surface area contributed by atoms with Gasteiger partial charge in [-0.2, -0.15) is 0 Å². The summed E-state index contributed by atoms with van der Waals surface area (Å²) in [6.45, 7) is 5.38. The number of hydrogen-bond donors (Lipinski definition) is 0. The Labute approximate surface area is 158 Å². The number of halogens is 1. The molecule has 2 aromatic carbocycles. The summed E-state index contributed by atoms with van der Waals surface area (Å²) >= 11 is 0. The number of piperazine rings is 1. The first-order chi connectivity index (χ1) is 13.0. The summed E-state index contributed by atoms with van der Waals surface area (Å²) in [6, 6.07) is 13.4. The van der Waals surface area contributed by atoms with Crippen LogP contribution >= 0.6 is 0 Å². The van der Waals surface area contributed by atoms with Crippen molar-refractivity contribution in [3.63, 3.8) is 0 Å². The lowest BCUT2D eigenvalue weighted by molar-refractivity contribution is 0.0535. The van der Waals surface area contributed by atoms with Crippen LogP contribution in [0.4, 0.5) is 4.39 Å². The number of benzene rings is 2. The minimum Gasteiger partial charge on any atom is -0.488 e. The molecule has 142 valence electrons. The summed E-state index contributed by atoms with van der Waals surface area (Å²) in [5.74, 6) is -0.687. The molecule has 0 aliphatic carbocycles. The number of carbonyl (C=O) groups is 2. The fourth-order valence-electron chi connectivity index (χ4n) is 3.04. The summed E-state index contributed by atoms with van der Waals surface area (Å²) in [4.78, 5) is 28.5. The van der Waals surface area contributed by atoms with Crippen LogP contribution in [0, 0.1) is 5.82 Å². The van der Waals surface area contributed by atoms with E-state index in [2.05, 4.69) is 0 Å². The summed E-state index contributed by atoms with van der Waals surface area (Å²) < 4.78 is 19.5. The maximum Gasteiger partial charge on any atom is 0.254 e. The van der Waals surface area contributed by atoms with E-state index in [1.165, 1.54) is 12.1 Å². The van der Waals surface area contributed by atoms with Gasteiger partial charge in [-0.15, -0.1) is 0 Å². The van der Waals surface area contributed by atoms with Crippen LogP contribution < -0.4 is 4.74 Å². The normalized spacial score (nSPS) is 14.4. The van der Waals surface area contributed by atoms with Crippen LogP contribution in [0.5, 0.6) is 5.75 Å². The topological polar surface area (TPSA) is 49.9 Å². The second-order valence-electron chi connectivity index (χ2n) is 6.76. The summed E-state index contributed by atoms with van der Waals surface area (Å²) in [7, 11) is 0. The van der Waals surface area contributed by atoms with Crippen molar-refractivity contribution in [1.82, 2.24) is 9.80 Å². The monoisotopic (exact) mass is 370 g/mol. The molecule has 3 rings (SSSR count). The standard InChI is InChI=1S/C21H23FN2O3/c1-15(2)27-19-9-8-17(14-18(19)22)21(26)24-12-10-23(11-13-24)20(25)16-6-4-3-5-7-16/h3-9,14-15H,10-13H2,1-2H3. The second-order valence-corrected chi connectivity index (χ2v) is 6.76. The number of carbonyl (C=O) groups excluding carboxylic acids is 2. The molecule has 1 aliphatic heterocycles. The molecule has 0 spiro atoms. The van der Waals surface area contributed by atoms with Gasteiger partial charge in [-0.25, -0.2) is 4.39 Å². The minimum atomic E-state index is -0.549. The molecule has 0 N–H and O–H groups in total. The molecule has 27 heavy (non-hydrogen) atoms. The molecule has 1 heterocycles. The van der Waals surface area contributed by atoms with Crippen LogP contribution in [-0.2, 0) is 0 Å². The van der Waals surface area contributed by atoms with E-state index in [0.717, 1.165) is 0 Å². The molecule has 2 aromatic rings. The van der Waals surface area contributed by atoms with Crippen LogP contribution in [0.2, 0.25) is 0 Å². The summed E-state index contributed by atoms with van der Waals surface area (Å²) in [6.07, 6.45) is -0.142. The predicted octanol–water partition coefficient (Wildman–Crippen LogP) is 3.21. The molecule has 0 aromatic heterocycles. The van der Waals surface area contributed by atoms with E-state index in [-0.39, 0.29) is 29.2 Å². The van der Waals surface area contributed by atoms with Gasteiger partial charge in [-0.05, 0) is 44.2 Å². The highest BCUT2D eigenvalue weighted by molar-refractivity contribution is 5.96. The Balaban J connectivity index is 1.61. The van der Waals surface area contributed by atoms with Gasteiger partial charge in [0.05, 0.1) is 6.10 Å². The minimum absolute atomic E-state index is 0.0380. The van der Waals surface area contributed by atoms with Gasteiger partial charge < -0.3 is 14.5 Å². The number of rotatable bonds is 4. The Hall–Kier alpha value is -2.89. The maximum absolute atomic E-state index is 14.1. The highest BCUT2D eigenvalue weighted by Gasteiger charge is 2.26. The number of hydrogen-bond acceptors (Lipinski definition) is 3. The van der Waals surface area contributed by atoms with E-state index in [1.807, 2.05) is 32.0 Å². The van der Waals surface area contributed by atoms with Gasteiger partial charge >= 0.3 is 0 Å². The Kier molecular flexibility index (Phi) is 5.74. The van der Waals surface area contributed by atoms with Gasteiger partial charge in [0, 0.05) is 37.3 Å². The zero-order chi connectivity index (χ0) is 19.4. The molecule has 0 radical (unpaired) electrons. The van der Waals surface area contributed by atoms with Crippen molar-refractivity contribution in [2.45, 2.75) is 20.0 Å². The van der Waals surface area contributed by atoms with E-state index in [1.54, 1.807) is 28.0 Å². The highest BCUT2D eigenvalue weighted by Crippen LogP contribution is 2.21. The van der Waals surface area contributed by atoms with E-state index < -0.39 is 5.82 Å². The lowest BCUT2D eigenvalue weighted by Crippen LogP contribution is -2.50. The zero-order valence-corrected chi connectivity index (χ0v) is 15.5. The van der Waals surface area contributed by atoms with Crippen LogP contribution in [0.3, 0.4) is 0 Å². The molecule has 0 unspecified atom stereocenters. The lowest BCUT2D eigenvalue weighted by atomic mass is 10.1. The molecule has 1 saturated heterocycles. The Morgan fingerprint density at radius 2 is 1.44 bits per heavy atom. The Bertz CT molecular complexity index is 815. The van der Waals surface area contributed by atoms with Crippen LogP contribution in [0.15, 0.2) is 48.5 Å². The van der Waals surface area contributed by atoms with Gasteiger partial charge in [0.15, 0.2) is 11.6 Å². The molecule has 0 atom stereocenters. The van der Waals surface area contributed by atoms with Gasteiger partial charge in [0.25, 0.3) is 11.8 Å². The third-order valence-electron chi connectivity index (χ3n) is 4.42. The van der Waals surface area contributed by atoms with Crippen molar-refractivity contribution >= 4 is 11.8 Å². The largest absolute Gasteiger partial charge is 0.488 e. The van der Waals surface area contributed by atoms with Gasteiger partial charge in [0.2, 0.25) is 0 Å². The fraction of sp³-hybridized carbons (Fsp3) is 0.333. The first-order valence-corrected chi connectivity index (χ1v) is 9.05. The van der Waals surface area contributed by atoms with Crippen molar-refractivity contribution in [2.24, 2.45) is 0 Å². The highest BCUT2D eigenvalue weighted by atomic mass is 19.1. The van der Waals surface area contributed by atoms with E-state index in [9.17, 15) is 14.0 Å². The number of amides is 2. The third kappa shape index (κ3) is 4.45. The van der Waals surface area contributed by atoms with Crippen molar-refractivity contribution in [3.05, 3.63) is 65.5 Å². The average Bonchev–Trinajstić information content (AvgIpc) is 2.69. The van der Waals surface area contributed by atoms with Crippen molar-refractivity contribution in [2.75, 3.05) is 26.2 Å². The fourth-order valence-corrected chi connectivity index (χ4v) is 3.04. The smallest absolute Gasteiger partial charge is 0.254 e. The molecule has 1 fully saturated rings. The predicted molar refractivity (Wildman–Crippen MR) is 100 cm³/mol. The summed E-state index contributed by atoms with van der Waals surface area (Å²) in [5, 5.41) is 0. The zero-order valence-electron chi connectivity index (χ0n) is 15.5. The van der Waals surface area contributed by atoms with Crippen molar-refractivity contribution < 1.29 is 18.7 Å². The van der Waals surface area contributed by atoms with Crippen molar-refractivity contribution in [1.29, 1.82) is 0 Å². The lowest BCUT2D eigenvalue weighted by Gasteiger charge is -2.35. The Morgan fingerprint density at radius 3 is 1.96 bits per heavy atom. The van der Waals surface area contributed by atoms with Gasteiger partial charge in [0.1, 0.15) is 0 Å². The van der Waals surface area contributed by atoms with Crippen LogP contribution in [-0.4, -0.2) is 53.9 Å². The van der Waals surface area contributed by atoms with E-state index >= 15 is 0 Å². The Morgan fingerprint density at radius 1 is 0.889 bits per heavy atom. The van der Waals surface area contributed by atoms with Crippen LogP contribution in [0.1, 0.15) is 34.6 Å². The molecular formula is C21H23FN2O3. The van der Waals surface area contributed by atoms with Crippen molar-refractivity contribution in [3.8, 4) is 5.75 Å². The van der Waals surface area contributed by atoms with Gasteiger partial charge in [-0.3, -0.25) is 9.59 Å². The molecule has 5 nitrogen and oxygen atoms in total. The molecular weight excluding hydrogens is 347 g/mol. The number of ether oxygens (including phenoxy) is 1. The second kappa shape index (κ2) is 8.20. The van der Waals surface area contributed by atoms with E-state index in [4.69, 9.17) is 4.74 Å². The molecule has 0 bridgehead atoms. The summed E-state index contributed by atoms with van der Waals surface area (Å²) in [5.41, 5.74) is 0.923. The number of nitrogens with zero attached hydrogens (tertiary/aromatic N) is 2. The average molecular weight is 370 g/mol. The first kappa shape index (κ1) is 18.9. The molecule has 6 heteroatoms. The molecule has 2 amide bonds.